The maximum Gasteiger partial charge on any atom is 0.186 e. The first kappa shape index (κ1) is 15.5. The molecule has 0 heterocycles. The lowest BCUT2D eigenvalue weighted by Crippen LogP contribution is -2.23. The van der Waals surface area contributed by atoms with E-state index in [1.807, 2.05) is 31.2 Å². The molecular formula is C16H19NO3S. The molecule has 0 aliphatic heterocycles. The maximum absolute atomic E-state index is 12.8. The highest BCUT2D eigenvalue weighted by Crippen LogP contribution is 2.30. The normalized spacial score (nSPS) is 12.9. The van der Waals surface area contributed by atoms with Crippen LogP contribution in [0.4, 0.5) is 0 Å². The van der Waals surface area contributed by atoms with E-state index in [0.29, 0.717) is 5.75 Å². The highest BCUT2D eigenvalue weighted by molar-refractivity contribution is 7.91. The average molecular weight is 305 g/mol. The third-order valence-electron chi connectivity index (χ3n) is 3.51. The number of benzene rings is 2. The molecule has 112 valence electrons. The number of hydrogen-bond donors (Lipinski definition) is 1. The number of ether oxygens (including phenoxy) is 1. The van der Waals surface area contributed by atoms with Gasteiger partial charge < -0.3 is 10.5 Å². The van der Waals surface area contributed by atoms with Gasteiger partial charge in [-0.1, -0.05) is 24.3 Å². The molecule has 0 fully saturated rings. The van der Waals surface area contributed by atoms with Crippen LogP contribution in [0.5, 0.6) is 5.75 Å². The molecule has 0 aromatic heterocycles. The third kappa shape index (κ3) is 3.09. The molecule has 0 amide bonds. The Bertz CT molecular complexity index is 709. The molecule has 4 nitrogen and oxygen atoms in total. The van der Waals surface area contributed by atoms with Gasteiger partial charge in [0, 0.05) is 6.54 Å². The fourth-order valence-corrected chi connectivity index (χ4v) is 3.99. The summed E-state index contributed by atoms with van der Waals surface area (Å²) in [6.45, 7) is 1.93. The Kier molecular flexibility index (Phi) is 4.65. The predicted molar refractivity (Wildman–Crippen MR) is 83.2 cm³/mol. The molecule has 5 heteroatoms. The smallest absolute Gasteiger partial charge is 0.186 e. The third-order valence-corrected chi connectivity index (χ3v) is 5.64. The van der Waals surface area contributed by atoms with Gasteiger partial charge in [-0.2, -0.15) is 0 Å². The Hall–Kier alpha value is -1.85. The zero-order valence-electron chi connectivity index (χ0n) is 12.1. The standard InChI is InChI=1S/C16H19NO3S/c1-12-5-3-4-6-15(12)16(11-17)21(18,19)14-9-7-13(20-2)8-10-14/h3-10,16H,11,17H2,1-2H3/t16-/m0/s1. The summed E-state index contributed by atoms with van der Waals surface area (Å²) in [6, 6.07) is 13.8. The van der Waals surface area contributed by atoms with Gasteiger partial charge >= 0.3 is 0 Å². The predicted octanol–water partition coefficient (Wildman–Crippen LogP) is 2.48. The van der Waals surface area contributed by atoms with Gasteiger partial charge in [0.1, 0.15) is 11.0 Å². The number of hydrogen-bond acceptors (Lipinski definition) is 4. The number of rotatable bonds is 5. The zero-order valence-corrected chi connectivity index (χ0v) is 12.9. The van der Waals surface area contributed by atoms with E-state index in [0.717, 1.165) is 11.1 Å². The summed E-state index contributed by atoms with van der Waals surface area (Å²) in [5.74, 6) is 0.620. The topological polar surface area (TPSA) is 69.4 Å². The number of sulfone groups is 1. The van der Waals surface area contributed by atoms with E-state index in [9.17, 15) is 8.42 Å². The first-order valence-electron chi connectivity index (χ1n) is 6.64. The maximum atomic E-state index is 12.8. The molecular weight excluding hydrogens is 286 g/mol. The van der Waals surface area contributed by atoms with Gasteiger partial charge in [0.05, 0.1) is 12.0 Å². The van der Waals surface area contributed by atoms with Crippen LogP contribution in [0.15, 0.2) is 53.4 Å². The van der Waals surface area contributed by atoms with Crippen molar-refractivity contribution in [3.63, 3.8) is 0 Å². The van der Waals surface area contributed by atoms with Crippen LogP contribution in [0.1, 0.15) is 16.4 Å². The summed E-state index contributed by atoms with van der Waals surface area (Å²) in [6.07, 6.45) is 0. The minimum Gasteiger partial charge on any atom is -0.497 e. The molecule has 0 radical (unpaired) electrons. The average Bonchev–Trinajstić information content (AvgIpc) is 2.50. The zero-order chi connectivity index (χ0) is 15.5. The second-order valence-electron chi connectivity index (χ2n) is 4.80. The van der Waals surface area contributed by atoms with Crippen LogP contribution < -0.4 is 10.5 Å². The van der Waals surface area contributed by atoms with Gasteiger partial charge in [-0.15, -0.1) is 0 Å². The van der Waals surface area contributed by atoms with Crippen LogP contribution in [0, 0.1) is 6.92 Å². The molecule has 0 bridgehead atoms. The van der Waals surface area contributed by atoms with Crippen molar-refractivity contribution in [1.82, 2.24) is 0 Å². The van der Waals surface area contributed by atoms with Gasteiger partial charge in [0.15, 0.2) is 9.84 Å². The Balaban J connectivity index is 2.47. The monoisotopic (exact) mass is 305 g/mol. The second kappa shape index (κ2) is 6.28. The van der Waals surface area contributed by atoms with Gasteiger partial charge in [0.2, 0.25) is 0 Å². The molecule has 1 atom stereocenters. The van der Waals surface area contributed by atoms with Crippen LogP contribution >= 0.6 is 0 Å². The molecule has 0 spiro atoms. The summed E-state index contributed by atoms with van der Waals surface area (Å²) >= 11 is 0. The summed E-state index contributed by atoms with van der Waals surface area (Å²) in [5, 5.41) is -0.743. The molecule has 0 unspecified atom stereocenters. The van der Waals surface area contributed by atoms with Crippen molar-refractivity contribution in [2.45, 2.75) is 17.1 Å². The van der Waals surface area contributed by atoms with E-state index in [2.05, 4.69) is 0 Å². The first-order valence-corrected chi connectivity index (χ1v) is 8.19. The fourth-order valence-electron chi connectivity index (χ4n) is 2.30. The van der Waals surface area contributed by atoms with E-state index in [1.165, 1.54) is 0 Å². The van der Waals surface area contributed by atoms with Gasteiger partial charge in [-0.25, -0.2) is 8.42 Å². The van der Waals surface area contributed by atoms with E-state index in [4.69, 9.17) is 10.5 Å². The fraction of sp³-hybridized carbons (Fsp3) is 0.250. The molecule has 0 aliphatic rings. The minimum atomic E-state index is -3.53. The van der Waals surface area contributed by atoms with E-state index < -0.39 is 15.1 Å². The van der Waals surface area contributed by atoms with Gasteiger partial charge in [-0.3, -0.25) is 0 Å². The molecule has 2 aromatic carbocycles. The molecule has 0 saturated carbocycles. The number of methoxy groups -OCH3 is 1. The van der Waals surface area contributed by atoms with Gasteiger partial charge in [-0.05, 0) is 42.3 Å². The lowest BCUT2D eigenvalue weighted by atomic mass is 10.1. The van der Waals surface area contributed by atoms with Crippen molar-refractivity contribution in [2.24, 2.45) is 5.73 Å². The molecule has 2 rings (SSSR count). The summed E-state index contributed by atoms with van der Waals surface area (Å²) in [4.78, 5) is 0.252. The quantitative estimate of drug-likeness (QED) is 0.921. The SMILES string of the molecule is COc1ccc(S(=O)(=O)[C@@H](CN)c2ccccc2C)cc1. The first-order chi connectivity index (χ1) is 10.0. The Morgan fingerprint density at radius 3 is 2.24 bits per heavy atom. The van der Waals surface area contributed by atoms with Crippen LogP contribution in [-0.2, 0) is 9.84 Å². The highest BCUT2D eigenvalue weighted by atomic mass is 32.2. The Labute approximate surface area is 125 Å². The molecule has 2 aromatic rings. The lowest BCUT2D eigenvalue weighted by Gasteiger charge is -2.18. The van der Waals surface area contributed by atoms with Crippen molar-refractivity contribution >= 4 is 9.84 Å². The van der Waals surface area contributed by atoms with Crippen molar-refractivity contribution in [3.05, 3.63) is 59.7 Å². The van der Waals surface area contributed by atoms with Crippen molar-refractivity contribution in [3.8, 4) is 5.75 Å². The van der Waals surface area contributed by atoms with E-state index in [-0.39, 0.29) is 11.4 Å². The second-order valence-corrected chi connectivity index (χ2v) is 6.93. The van der Waals surface area contributed by atoms with E-state index >= 15 is 0 Å². The Morgan fingerprint density at radius 1 is 1.10 bits per heavy atom. The van der Waals surface area contributed by atoms with E-state index in [1.54, 1.807) is 31.4 Å². The largest absolute Gasteiger partial charge is 0.497 e. The van der Waals surface area contributed by atoms with Crippen LogP contribution in [0.25, 0.3) is 0 Å². The molecule has 2 N–H and O–H groups in total. The summed E-state index contributed by atoms with van der Waals surface area (Å²) in [7, 11) is -1.99. The minimum absolute atomic E-state index is 0.0409. The van der Waals surface area contributed by atoms with Gasteiger partial charge in [0.25, 0.3) is 0 Å². The Morgan fingerprint density at radius 2 is 1.71 bits per heavy atom. The van der Waals surface area contributed by atoms with Crippen molar-refractivity contribution in [1.29, 1.82) is 0 Å². The van der Waals surface area contributed by atoms with Crippen LogP contribution in [-0.4, -0.2) is 22.1 Å². The summed E-state index contributed by atoms with van der Waals surface area (Å²) in [5.41, 5.74) is 7.42. The molecule has 0 aliphatic carbocycles. The summed E-state index contributed by atoms with van der Waals surface area (Å²) < 4.78 is 30.6. The highest BCUT2D eigenvalue weighted by Gasteiger charge is 2.28. The molecule has 0 saturated heterocycles. The van der Waals surface area contributed by atoms with Crippen LogP contribution in [0.3, 0.4) is 0 Å². The molecule has 21 heavy (non-hydrogen) atoms. The number of aryl methyl sites for hydroxylation is 1. The van der Waals surface area contributed by atoms with Crippen LogP contribution in [0.2, 0.25) is 0 Å². The number of nitrogens with two attached hydrogens (primary N) is 1. The lowest BCUT2D eigenvalue weighted by molar-refractivity contribution is 0.414. The van der Waals surface area contributed by atoms with Crippen molar-refractivity contribution < 1.29 is 13.2 Å². The van der Waals surface area contributed by atoms with Crippen molar-refractivity contribution in [2.75, 3.05) is 13.7 Å².